The van der Waals surface area contributed by atoms with Crippen LogP contribution in [0.3, 0.4) is 0 Å². The SMILES string of the molecule is COc1ccc(C(Cc2ccccc2)NC(=O)C2CCC(CN)CC2)cc1-c1ccc2c(N)n[nH]c2c1.O=CC(F)(F)F. The maximum absolute atomic E-state index is 13.4. The molecule has 0 radical (unpaired) electrons. The van der Waals surface area contributed by atoms with E-state index in [0.29, 0.717) is 24.7 Å². The number of nitrogens with two attached hydrogens (primary N) is 2. The van der Waals surface area contributed by atoms with Crippen LogP contribution in [0.4, 0.5) is 19.0 Å². The maximum atomic E-state index is 13.4. The number of hydrogen-bond donors (Lipinski definition) is 4. The van der Waals surface area contributed by atoms with Crippen molar-refractivity contribution in [2.45, 2.75) is 44.3 Å². The summed E-state index contributed by atoms with van der Waals surface area (Å²) in [5.74, 6) is 1.94. The molecule has 5 rings (SSSR count). The highest BCUT2D eigenvalue weighted by atomic mass is 19.4. The monoisotopic (exact) mass is 595 g/mol. The fraction of sp³-hybridized carbons (Fsp3) is 0.344. The summed E-state index contributed by atoms with van der Waals surface area (Å²) in [5, 5.41) is 11.4. The number of amides is 1. The number of anilines is 1. The number of carbonyl (C=O) groups excluding carboxylic acids is 2. The van der Waals surface area contributed by atoms with Crippen molar-refractivity contribution < 1.29 is 27.5 Å². The summed E-state index contributed by atoms with van der Waals surface area (Å²) in [4.78, 5) is 22.1. The predicted octanol–water partition coefficient (Wildman–Crippen LogP) is 5.73. The molecule has 0 bridgehead atoms. The Bertz CT molecular complexity index is 1520. The average Bonchev–Trinajstić information content (AvgIpc) is 3.40. The van der Waals surface area contributed by atoms with E-state index in [1.54, 1.807) is 7.11 Å². The van der Waals surface area contributed by atoms with Crippen LogP contribution in [0.5, 0.6) is 5.75 Å². The molecule has 1 aromatic heterocycles. The molecule has 43 heavy (non-hydrogen) atoms. The topological polar surface area (TPSA) is 136 Å². The van der Waals surface area contributed by atoms with Crippen LogP contribution in [-0.2, 0) is 16.0 Å². The Hall–Kier alpha value is -4.38. The molecule has 0 saturated heterocycles. The minimum absolute atomic E-state index is 0.0343. The van der Waals surface area contributed by atoms with Crippen LogP contribution in [0.25, 0.3) is 22.0 Å². The predicted molar refractivity (Wildman–Crippen MR) is 160 cm³/mol. The molecule has 1 atom stereocenters. The summed E-state index contributed by atoms with van der Waals surface area (Å²) in [6.45, 7) is 0.705. The fourth-order valence-corrected chi connectivity index (χ4v) is 5.43. The van der Waals surface area contributed by atoms with Crippen LogP contribution in [-0.4, -0.2) is 42.2 Å². The number of carbonyl (C=O) groups is 2. The number of nitrogen functional groups attached to an aromatic ring is 1. The lowest BCUT2D eigenvalue weighted by Gasteiger charge is -2.29. The number of nitrogens with one attached hydrogen (secondary N) is 2. The number of ether oxygens (including phenoxy) is 1. The summed E-state index contributed by atoms with van der Waals surface area (Å²) in [6.07, 6.45) is -1.17. The molecule has 11 heteroatoms. The number of nitrogens with zero attached hydrogens (tertiary/aromatic N) is 1. The molecule has 1 fully saturated rings. The summed E-state index contributed by atoms with van der Waals surface area (Å²) in [6, 6.07) is 22.3. The number of fused-ring (bicyclic) bond motifs is 1. The van der Waals surface area contributed by atoms with Crippen molar-refractivity contribution in [1.82, 2.24) is 15.5 Å². The minimum Gasteiger partial charge on any atom is -0.496 e. The number of aldehydes is 1. The lowest BCUT2D eigenvalue weighted by atomic mass is 9.81. The number of methoxy groups -OCH3 is 1. The van der Waals surface area contributed by atoms with Gasteiger partial charge in [0.2, 0.25) is 12.2 Å². The quantitative estimate of drug-likeness (QED) is 0.192. The van der Waals surface area contributed by atoms with Crippen LogP contribution in [0.2, 0.25) is 0 Å². The zero-order valence-corrected chi connectivity index (χ0v) is 23.9. The van der Waals surface area contributed by atoms with E-state index < -0.39 is 12.5 Å². The van der Waals surface area contributed by atoms with E-state index in [1.165, 1.54) is 5.56 Å². The number of benzene rings is 3. The van der Waals surface area contributed by atoms with E-state index in [1.807, 2.05) is 48.5 Å². The standard InChI is InChI=1S/C30H35N5O2.C2HF3O/c1-37-28-14-12-23(16-25(28)22-11-13-24-27(17-22)34-35-29(24)32)26(15-19-5-3-2-4-6-19)33-30(36)21-9-7-20(18-31)8-10-21;3-2(4,5)1-6/h2-6,11-14,16-17,20-21,26H,7-10,15,18,31H2,1H3,(H,33,36)(H3,32,34,35);1H. The van der Waals surface area contributed by atoms with Crippen LogP contribution >= 0.6 is 0 Å². The van der Waals surface area contributed by atoms with Crippen LogP contribution in [0.1, 0.15) is 42.9 Å². The number of hydrogen-bond acceptors (Lipinski definition) is 6. The molecule has 3 aromatic carbocycles. The Kier molecular flexibility index (Phi) is 10.4. The van der Waals surface area contributed by atoms with Crippen molar-refractivity contribution in [3.8, 4) is 16.9 Å². The second-order valence-corrected chi connectivity index (χ2v) is 10.7. The molecule has 1 aliphatic rings. The van der Waals surface area contributed by atoms with Crippen molar-refractivity contribution in [1.29, 1.82) is 0 Å². The lowest BCUT2D eigenvalue weighted by molar-refractivity contribution is -0.156. The zero-order valence-electron chi connectivity index (χ0n) is 23.9. The third-order valence-corrected chi connectivity index (χ3v) is 7.81. The number of alkyl halides is 3. The summed E-state index contributed by atoms with van der Waals surface area (Å²) in [5.41, 5.74) is 16.8. The first-order valence-electron chi connectivity index (χ1n) is 14.1. The van der Waals surface area contributed by atoms with Crippen molar-refractivity contribution in [2.24, 2.45) is 17.6 Å². The van der Waals surface area contributed by atoms with Gasteiger partial charge in [-0.25, -0.2) is 0 Å². The Morgan fingerprint density at radius 3 is 2.42 bits per heavy atom. The molecule has 6 N–H and O–H groups in total. The highest BCUT2D eigenvalue weighted by Crippen LogP contribution is 2.36. The van der Waals surface area contributed by atoms with Gasteiger partial charge in [0, 0.05) is 16.9 Å². The Labute approximate surface area is 248 Å². The second kappa shape index (κ2) is 14.2. The molecule has 1 aliphatic carbocycles. The molecule has 8 nitrogen and oxygen atoms in total. The van der Waals surface area contributed by atoms with Crippen molar-refractivity contribution in [3.05, 3.63) is 77.9 Å². The van der Waals surface area contributed by atoms with Gasteiger partial charge in [-0.2, -0.15) is 18.3 Å². The van der Waals surface area contributed by atoms with Gasteiger partial charge >= 0.3 is 6.18 Å². The van der Waals surface area contributed by atoms with E-state index in [0.717, 1.165) is 59.0 Å². The van der Waals surface area contributed by atoms with Gasteiger partial charge in [-0.15, -0.1) is 0 Å². The smallest absolute Gasteiger partial charge is 0.446 e. The molecule has 0 aliphatic heterocycles. The number of halogens is 3. The molecule has 1 saturated carbocycles. The first-order chi connectivity index (χ1) is 20.6. The zero-order chi connectivity index (χ0) is 31.0. The number of aromatic amines is 1. The number of H-pyrrole nitrogens is 1. The Morgan fingerprint density at radius 1 is 1.09 bits per heavy atom. The number of rotatable bonds is 8. The van der Waals surface area contributed by atoms with Gasteiger partial charge in [-0.1, -0.05) is 42.5 Å². The molecule has 228 valence electrons. The highest BCUT2D eigenvalue weighted by molar-refractivity contribution is 5.92. The summed E-state index contributed by atoms with van der Waals surface area (Å²) < 4.78 is 37.0. The van der Waals surface area contributed by atoms with E-state index in [9.17, 15) is 18.0 Å². The van der Waals surface area contributed by atoms with Crippen molar-refractivity contribution in [3.63, 3.8) is 0 Å². The normalized spacial score (nSPS) is 17.4. The van der Waals surface area contributed by atoms with E-state index in [2.05, 4.69) is 33.7 Å². The summed E-state index contributed by atoms with van der Waals surface area (Å²) >= 11 is 0. The average molecular weight is 596 g/mol. The second-order valence-electron chi connectivity index (χ2n) is 10.7. The highest BCUT2D eigenvalue weighted by Gasteiger charge is 2.28. The van der Waals surface area contributed by atoms with E-state index in [4.69, 9.17) is 21.0 Å². The van der Waals surface area contributed by atoms with Crippen LogP contribution in [0, 0.1) is 11.8 Å². The largest absolute Gasteiger partial charge is 0.496 e. The molecular weight excluding hydrogens is 559 g/mol. The molecular formula is C32H36F3N5O3. The maximum Gasteiger partial charge on any atom is 0.446 e. The Balaban J connectivity index is 0.000000641. The fourth-order valence-electron chi connectivity index (χ4n) is 5.43. The van der Waals surface area contributed by atoms with Gasteiger partial charge in [0.25, 0.3) is 0 Å². The molecule has 1 amide bonds. The van der Waals surface area contributed by atoms with Crippen molar-refractivity contribution in [2.75, 3.05) is 19.4 Å². The summed E-state index contributed by atoms with van der Waals surface area (Å²) in [7, 11) is 1.67. The van der Waals surface area contributed by atoms with Crippen LogP contribution < -0.4 is 21.5 Å². The molecule has 0 spiro atoms. The lowest BCUT2D eigenvalue weighted by Crippen LogP contribution is -2.37. The third-order valence-electron chi connectivity index (χ3n) is 7.81. The van der Waals surface area contributed by atoms with Gasteiger partial charge in [-0.05, 0) is 85.5 Å². The number of aromatic nitrogens is 2. The first-order valence-corrected chi connectivity index (χ1v) is 14.1. The minimum atomic E-state index is -4.64. The molecule has 1 heterocycles. The molecule has 4 aromatic rings. The van der Waals surface area contributed by atoms with Gasteiger partial charge in [0.1, 0.15) is 5.75 Å². The van der Waals surface area contributed by atoms with Gasteiger partial charge in [0.05, 0.1) is 18.7 Å². The molecule has 1 unspecified atom stereocenters. The van der Waals surface area contributed by atoms with Crippen LogP contribution in [0.15, 0.2) is 66.7 Å². The van der Waals surface area contributed by atoms with E-state index >= 15 is 0 Å². The van der Waals surface area contributed by atoms with Gasteiger partial charge < -0.3 is 21.5 Å². The van der Waals surface area contributed by atoms with E-state index in [-0.39, 0.29) is 17.9 Å². The Morgan fingerprint density at radius 2 is 1.79 bits per heavy atom. The van der Waals surface area contributed by atoms with Crippen molar-refractivity contribution >= 4 is 28.9 Å². The van der Waals surface area contributed by atoms with Gasteiger partial charge in [0.15, 0.2) is 5.82 Å². The van der Waals surface area contributed by atoms with Gasteiger partial charge in [-0.3, -0.25) is 14.7 Å². The third kappa shape index (κ3) is 8.35. The first kappa shape index (κ1) is 31.6.